The summed E-state index contributed by atoms with van der Waals surface area (Å²) in [5.41, 5.74) is 10.2. The van der Waals surface area contributed by atoms with Crippen LogP contribution in [0.25, 0.3) is 33.6 Å². The molecule has 5 unspecified atom stereocenters. The van der Waals surface area contributed by atoms with Crippen molar-refractivity contribution in [2.45, 2.75) is 115 Å². The molecule has 3 aliphatic carbocycles. The predicted molar refractivity (Wildman–Crippen MR) is 188 cm³/mol. The second-order valence-corrected chi connectivity index (χ2v) is 15.0. The third-order valence-corrected chi connectivity index (χ3v) is 12.1. The van der Waals surface area contributed by atoms with Gasteiger partial charge in [-0.05, 0) is 122 Å². The van der Waals surface area contributed by atoms with Gasteiger partial charge in [-0.1, -0.05) is 51.0 Å². The van der Waals surface area contributed by atoms with E-state index in [1.165, 1.54) is 71.9 Å². The average molecular weight is 631 g/mol. The van der Waals surface area contributed by atoms with Gasteiger partial charge >= 0.3 is 0 Å². The van der Waals surface area contributed by atoms with E-state index in [1.54, 1.807) is 0 Å². The number of nitrogens with zero attached hydrogens (tertiary/aromatic N) is 3. The summed E-state index contributed by atoms with van der Waals surface area (Å²) >= 11 is 0. The van der Waals surface area contributed by atoms with E-state index in [4.69, 9.17) is 9.97 Å². The lowest BCUT2D eigenvalue weighted by molar-refractivity contribution is -0.122. The number of hydrogen-bond donors (Lipinski definition) is 3. The largest absolute Gasteiger partial charge is 0.353 e. The molecule has 1 amide bonds. The molecule has 8 rings (SSSR count). The van der Waals surface area contributed by atoms with Gasteiger partial charge in [-0.3, -0.25) is 9.69 Å². The SMILES string of the molecule is CCCC(=O)NC1CCCC1CC(C)c1ncc(-c2ccc3c(c2)CCc2cc(-c4cnc([C@@H]5CC6CCCC6N5C)[nH]4)ccc2-3)[nH]1. The quantitative estimate of drug-likeness (QED) is 0.173. The Labute approximate surface area is 279 Å². The number of aromatic amines is 2. The van der Waals surface area contributed by atoms with E-state index in [0.717, 1.165) is 67.1 Å². The molecule has 2 aromatic heterocycles. The number of aromatic nitrogens is 4. The second kappa shape index (κ2) is 12.7. The maximum absolute atomic E-state index is 12.2. The van der Waals surface area contributed by atoms with Crippen LogP contribution in [0.3, 0.4) is 0 Å². The highest BCUT2D eigenvalue weighted by molar-refractivity contribution is 5.79. The molecule has 3 heterocycles. The Morgan fingerprint density at radius 3 is 2.36 bits per heavy atom. The molecule has 1 aliphatic heterocycles. The number of H-pyrrole nitrogens is 2. The van der Waals surface area contributed by atoms with E-state index < -0.39 is 0 Å². The van der Waals surface area contributed by atoms with Gasteiger partial charge in [-0.15, -0.1) is 0 Å². The van der Waals surface area contributed by atoms with Gasteiger partial charge in [0.2, 0.25) is 5.91 Å². The summed E-state index contributed by atoms with van der Waals surface area (Å²) in [4.78, 5) is 31.9. The molecule has 2 aromatic carbocycles. The van der Waals surface area contributed by atoms with Crippen molar-refractivity contribution in [2.75, 3.05) is 7.05 Å². The molecule has 7 nitrogen and oxygen atoms in total. The normalized spacial score (nSPS) is 25.8. The number of nitrogens with one attached hydrogen (secondary N) is 3. The predicted octanol–water partition coefficient (Wildman–Crippen LogP) is 8.36. The summed E-state index contributed by atoms with van der Waals surface area (Å²) in [6.45, 7) is 4.33. The summed E-state index contributed by atoms with van der Waals surface area (Å²) in [6, 6.07) is 15.3. The lowest BCUT2D eigenvalue weighted by atomic mass is 9.83. The Balaban J connectivity index is 0.948. The molecule has 3 fully saturated rings. The van der Waals surface area contributed by atoms with Crippen molar-refractivity contribution in [3.63, 3.8) is 0 Å². The van der Waals surface area contributed by atoms with Crippen molar-refractivity contribution in [1.29, 1.82) is 0 Å². The van der Waals surface area contributed by atoms with Crippen LogP contribution in [0.15, 0.2) is 48.8 Å². The molecule has 0 spiro atoms. The van der Waals surface area contributed by atoms with Gasteiger partial charge in [0.25, 0.3) is 0 Å². The van der Waals surface area contributed by atoms with Crippen LogP contribution in [-0.4, -0.2) is 49.9 Å². The minimum absolute atomic E-state index is 0.202. The molecule has 246 valence electrons. The van der Waals surface area contributed by atoms with Gasteiger partial charge < -0.3 is 15.3 Å². The zero-order chi connectivity index (χ0) is 32.1. The maximum Gasteiger partial charge on any atom is 0.220 e. The van der Waals surface area contributed by atoms with Crippen molar-refractivity contribution >= 4 is 5.91 Å². The van der Waals surface area contributed by atoms with Gasteiger partial charge in [-0.25, -0.2) is 9.97 Å². The van der Waals surface area contributed by atoms with Crippen LogP contribution in [0, 0.1) is 11.8 Å². The number of fused-ring (bicyclic) bond motifs is 4. The molecule has 47 heavy (non-hydrogen) atoms. The number of carbonyl (C=O) groups excluding carboxylic acids is 1. The van der Waals surface area contributed by atoms with Gasteiger partial charge in [0.15, 0.2) is 0 Å². The summed E-state index contributed by atoms with van der Waals surface area (Å²) in [7, 11) is 2.29. The first-order chi connectivity index (χ1) is 22.9. The number of carbonyl (C=O) groups is 1. The third kappa shape index (κ3) is 5.85. The first-order valence-corrected chi connectivity index (χ1v) is 18.3. The fourth-order valence-electron chi connectivity index (χ4n) is 9.52. The number of rotatable bonds is 9. The number of benzene rings is 2. The zero-order valence-corrected chi connectivity index (χ0v) is 28.3. The molecule has 7 heteroatoms. The minimum atomic E-state index is 0.202. The summed E-state index contributed by atoms with van der Waals surface area (Å²) < 4.78 is 0. The lowest BCUT2D eigenvalue weighted by Gasteiger charge is -2.23. The molecule has 2 saturated carbocycles. The molecular weight excluding hydrogens is 580 g/mol. The fraction of sp³-hybridized carbons (Fsp3) is 0.525. The number of hydrogen-bond acceptors (Lipinski definition) is 4. The smallest absolute Gasteiger partial charge is 0.220 e. The highest BCUT2D eigenvalue weighted by Gasteiger charge is 2.43. The number of likely N-dealkylation sites (tertiary alicyclic amines) is 1. The second-order valence-electron chi connectivity index (χ2n) is 15.0. The highest BCUT2D eigenvalue weighted by atomic mass is 16.1. The molecule has 1 saturated heterocycles. The van der Waals surface area contributed by atoms with Crippen molar-refractivity contribution in [3.05, 3.63) is 71.6 Å². The van der Waals surface area contributed by atoms with Crippen molar-refractivity contribution in [3.8, 4) is 33.6 Å². The van der Waals surface area contributed by atoms with Crippen molar-refractivity contribution < 1.29 is 4.79 Å². The van der Waals surface area contributed by atoms with Crippen LogP contribution in [0.1, 0.15) is 113 Å². The third-order valence-electron chi connectivity index (χ3n) is 12.1. The first-order valence-electron chi connectivity index (χ1n) is 18.3. The van der Waals surface area contributed by atoms with Gasteiger partial charge in [0, 0.05) is 24.4 Å². The van der Waals surface area contributed by atoms with E-state index >= 15 is 0 Å². The van der Waals surface area contributed by atoms with Crippen LogP contribution in [0.4, 0.5) is 0 Å². The zero-order valence-electron chi connectivity index (χ0n) is 28.3. The van der Waals surface area contributed by atoms with Gasteiger partial charge in [-0.2, -0.15) is 0 Å². The van der Waals surface area contributed by atoms with Crippen LogP contribution >= 0.6 is 0 Å². The molecule has 0 radical (unpaired) electrons. The van der Waals surface area contributed by atoms with Crippen molar-refractivity contribution in [2.24, 2.45) is 11.8 Å². The van der Waals surface area contributed by atoms with E-state index in [-0.39, 0.29) is 5.91 Å². The Kier molecular flexibility index (Phi) is 8.28. The number of amides is 1. The van der Waals surface area contributed by atoms with Gasteiger partial charge in [0.05, 0.1) is 29.8 Å². The monoisotopic (exact) mass is 630 g/mol. The molecule has 4 aromatic rings. The Hall–Kier alpha value is -3.71. The molecule has 4 aliphatic rings. The van der Waals surface area contributed by atoms with E-state index in [9.17, 15) is 4.79 Å². The van der Waals surface area contributed by atoms with Crippen LogP contribution < -0.4 is 5.32 Å². The first kappa shape index (κ1) is 30.6. The molecule has 0 bridgehead atoms. The molecule has 6 atom stereocenters. The Morgan fingerprint density at radius 2 is 1.64 bits per heavy atom. The topological polar surface area (TPSA) is 89.7 Å². The molecular formula is C40H50N6O. The van der Waals surface area contributed by atoms with Crippen molar-refractivity contribution in [1.82, 2.24) is 30.2 Å². The van der Waals surface area contributed by atoms with E-state index in [1.807, 2.05) is 12.4 Å². The average Bonchev–Trinajstić information content (AvgIpc) is 3.92. The molecule has 3 N–H and O–H groups in total. The van der Waals surface area contributed by atoms with Crippen LogP contribution in [0.2, 0.25) is 0 Å². The van der Waals surface area contributed by atoms with Crippen LogP contribution in [-0.2, 0) is 17.6 Å². The van der Waals surface area contributed by atoms with E-state index in [2.05, 4.69) is 77.5 Å². The number of imidazole rings is 2. The van der Waals surface area contributed by atoms with Gasteiger partial charge in [0.1, 0.15) is 11.6 Å². The summed E-state index contributed by atoms with van der Waals surface area (Å²) in [6.07, 6.45) is 17.5. The standard InChI is InChI=1S/C40H50N6O/c1-4-7-38(47)43-33-10-5-8-27(33)18-24(2)39-41-22-34(44-39)28-14-16-31-25(19-28)12-13-26-20-29(15-17-32(26)31)35-23-42-40(45-35)37-21-30-9-6-11-36(30)46(37)3/h14-17,19-20,22-24,27,30,33,36-37H,4-13,18,21H2,1-3H3,(H,41,44)(H,42,45)(H,43,47)/t24?,27?,30?,33?,36?,37-/m0/s1. The number of aryl methyl sites for hydroxylation is 2. The fourth-order valence-corrected chi connectivity index (χ4v) is 9.52. The Bertz CT molecular complexity index is 1750. The Morgan fingerprint density at radius 1 is 0.936 bits per heavy atom. The lowest BCUT2D eigenvalue weighted by Crippen LogP contribution is -2.37. The van der Waals surface area contributed by atoms with E-state index in [0.29, 0.717) is 30.3 Å². The minimum Gasteiger partial charge on any atom is -0.353 e. The highest BCUT2D eigenvalue weighted by Crippen LogP contribution is 2.46. The summed E-state index contributed by atoms with van der Waals surface area (Å²) in [5.74, 6) is 4.05. The van der Waals surface area contributed by atoms with Crippen LogP contribution in [0.5, 0.6) is 0 Å². The maximum atomic E-state index is 12.2. The summed E-state index contributed by atoms with van der Waals surface area (Å²) in [5, 5.41) is 3.31.